The monoisotopic (exact) mass is 338 g/mol. The molecule has 0 spiro atoms. The van der Waals surface area contributed by atoms with E-state index < -0.39 is 0 Å². The number of rotatable bonds is 3. The van der Waals surface area contributed by atoms with Gasteiger partial charge >= 0.3 is 0 Å². The minimum absolute atomic E-state index is 0.00752. The highest BCUT2D eigenvalue weighted by atomic mass is 79.9. The summed E-state index contributed by atoms with van der Waals surface area (Å²) in [6.45, 7) is 10.4. The van der Waals surface area contributed by atoms with Crippen LogP contribution in [0.4, 0.5) is 0 Å². The van der Waals surface area contributed by atoms with Crippen LogP contribution in [-0.4, -0.2) is 11.4 Å². The highest BCUT2D eigenvalue weighted by Gasteiger charge is 2.44. The van der Waals surface area contributed by atoms with E-state index in [-0.39, 0.29) is 16.8 Å². The normalized spacial score (nSPS) is 19.1. The summed E-state index contributed by atoms with van der Waals surface area (Å²) >= 11 is 3.52. The second kappa shape index (κ2) is 5.18. The van der Waals surface area contributed by atoms with Gasteiger partial charge < -0.3 is 4.74 Å². The van der Waals surface area contributed by atoms with Crippen LogP contribution in [-0.2, 0) is 5.41 Å². The van der Waals surface area contributed by atoms with Gasteiger partial charge in [0.2, 0.25) is 0 Å². The third-order valence-corrected chi connectivity index (χ3v) is 4.99. The van der Waals surface area contributed by atoms with E-state index >= 15 is 0 Å². The molecule has 0 bridgehead atoms. The number of halogens is 1. The van der Waals surface area contributed by atoms with Gasteiger partial charge in [-0.05, 0) is 43.7 Å². The lowest BCUT2D eigenvalue weighted by Crippen LogP contribution is -2.45. The van der Waals surface area contributed by atoms with Crippen LogP contribution in [0.3, 0.4) is 0 Å². The van der Waals surface area contributed by atoms with Gasteiger partial charge in [-0.2, -0.15) is 0 Å². The Hall–Kier alpha value is -0.830. The van der Waals surface area contributed by atoms with Gasteiger partial charge in [-0.25, -0.2) is 0 Å². The van der Waals surface area contributed by atoms with Gasteiger partial charge in [-0.1, -0.05) is 43.6 Å². The molecular weight excluding hydrogens is 316 g/mol. The third kappa shape index (κ3) is 2.52. The first-order valence-electron chi connectivity index (χ1n) is 7.28. The lowest BCUT2D eigenvalue weighted by molar-refractivity contribution is 0.0110. The number of carbonyl (C=O) groups is 1. The first-order valence-corrected chi connectivity index (χ1v) is 8.08. The summed E-state index contributed by atoms with van der Waals surface area (Å²) in [5, 5.41) is 0. The van der Waals surface area contributed by atoms with Crippen molar-refractivity contribution >= 4 is 21.7 Å². The van der Waals surface area contributed by atoms with Crippen LogP contribution in [0, 0.1) is 0 Å². The minimum Gasteiger partial charge on any atom is -0.486 e. The SMILES string of the molecule is CCC1(CC)CC(C)(C)c2cc(Br)cc(C(C)=O)c2O1. The smallest absolute Gasteiger partial charge is 0.163 e. The molecule has 110 valence electrons. The van der Waals surface area contributed by atoms with Crippen LogP contribution >= 0.6 is 15.9 Å². The zero-order chi connectivity index (χ0) is 15.1. The molecule has 0 radical (unpaired) electrons. The fourth-order valence-electron chi connectivity index (χ4n) is 3.27. The van der Waals surface area contributed by atoms with Gasteiger partial charge in [0.15, 0.2) is 5.78 Å². The van der Waals surface area contributed by atoms with E-state index in [4.69, 9.17) is 4.74 Å². The molecule has 3 heteroatoms. The lowest BCUT2D eigenvalue weighted by atomic mass is 9.70. The summed E-state index contributed by atoms with van der Waals surface area (Å²) in [6.07, 6.45) is 2.90. The summed E-state index contributed by atoms with van der Waals surface area (Å²) in [5.41, 5.74) is 1.67. The summed E-state index contributed by atoms with van der Waals surface area (Å²) in [6, 6.07) is 3.97. The number of Topliss-reactive ketones (excluding diaryl/α,β-unsaturated/α-hetero) is 1. The molecule has 0 aliphatic carbocycles. The van der Waals surface area contributed by atoms with E-state index in [1.807, 2.05) is 6.07 Å². The van der Waals surface area contributed by atoms with Gasteiger partial charge in [-0.15, -0.1) is 0 Å². The van der Waals surface area contributed by atoms with Crippen LogP contribution in [0.25, 0.3) is 0 Å². The van der Waals surface area contributed by atoms with Crippen molar-refractivity contribution in [1.82, 2.24) is 0 Å². The predicted octanol–water partition coefficient (Wildman–Crippen LogP) is 5.27. The highest BCUT2D eigenvalue weighted by molar-refractivity contribution is 9.10. The van der Waals surface area contributed by atoms with Crippen molar-refractivity contribution in [3.8, 4) is 5.75 Å². The molecule has 0 aromatic heterocycles. The molecule has 1 aromatic rings. The summed E-state index contributed by atoms with van der Waals surface area (Å²) in [4.78, 5) is 12.0. The third-order valence-electron chi connectivity index (χ3n) is 4.53. The Bertz CT molecular complexity index is 542. The van der Waals surface area contributed by atoms with Gasteiger partial charge in [0.05, 0.1) is 5.56 Å². The number of fused-ring (bicyclic) bond motifs is 1. The topological polar surface area (TPSA) is 26.3 Å². The first-order chi connectivity index (χ1) is 9.24. The van der Waals surface area contributed by atoms with E-state index in [9.17, 15) is 4.79 Å². The Balaban J connectivity index is 2.69. The quantitative estimate of drug-likeness (QED) is 0.701. The zero-order valence-electron chi connectivity index (χ0n) is 13.0. The van der Waals surface area contributed by atoms with Crippen LogP contribution in [0.1, 0.15) is 69.8 Å². The molecule has 20 heavy (non-hydrogen) atoms. The van der Waals surface area contributed by atoms with Crippen molar-refractivity contribution in [1.29, 1.82) is 0 Å². The van der Waals surface area contributed by atoms with Gasteiger partial charge in [-0.3, -0.25) is 4.79 Å². The average molecular weight is 339 g/mol. The first kappa shape index (κ1) is 15.6. The van der Waals surface area contributed by atoms with E-state index in [1.54, 1.807) is 6.92 Å². The minimum atomic E-state index is -0.158. The molecule has 2 rings (SSSR count). The largest absolute Gasteiger partial charge is 0.486 e. The summed E-state index contributed by atoms with van der Waals surface area (Å²) in [5.74, 6) is 0.849. The van der Waals surface area contributed by atoms with Gasteiger partial charge in [0, 0.05) is 10.0 Å². The number of hydrogen-bond donors (Lipinski definition) is 0. The van der Waals surface area contributed by atoms with Crippen LogP contribution in [0.15, 0.2) is 16.6 Å². The average Bonchev–Trinajstić information content (AvgIpc) is 2.38. The van der Waals surface area contributed by atoms with E-state index in [0.717, 1.165) is 35.0 Å². The molecule has 0 unspecified atom stereocenters. The number of ether oxygens (including phenoxy) is 1. The molecule has 0 atom stereocenters. The molecule has 0 saturated carbocycles. The molecule has 1 aliphatic heterocycles. The van der Waals surface area contributed by atoms with E-state index in [0.29, 0.717) is 5.56 Å². The molecule has 0 N–H and O–H groups in total. The maximum atomic E-state index is 12.0. The van der Waals surface area contributed by atoms with Crippen LogP contribution in [0.2, 0.25) is 0 Å². The maximum Gasteiger partial charge on any atom is 0.163 e. The molecule has 0 amide bonds. The van der Waals surface area contributed by atoms with Gasteiger partial charge in [0.1, 0.15) is 11.4 Å². The Morgan fingerprint density at radius 2 is 1.90 bits per heavy atom. The van der Waals surface area contributed by atoms with E-state index in [1.165, 1.54) is 0 Å². The Morgan fingerprint density at radius 3 is 2.40 bits per heavy atom. The Labute approximate surface area is 130 Å². The van der Waals surface area contributed by atoms with Crippen LogP contribution < -0.4 is 4.74 Å². The Kier molecular flexibility index (Phi) is 4.03. The van der Waals surface area contributed by atoms with Crippen molar-refractivity contribution in [2.75, 3.05) is 0 Å². The predicted molar refractivity (Wildman–Crippen MR) is 85.7 cm³/mol. The molecule has 1 aromatic carbocycles. The fraction of sp³-hybridized carbons (Fsp3) is 0.588. The lowest BCUT2D eigenvalue weighted by Gasteiger charge is -2.46. The summed E-state index contributed by atoms with van der Waals surface area (Å²) in [7, 11) is 0. The second-order valence-corrected chi connectivity index (χ2v) is 7.35. The fourth-order valence-corrected chi connectivity index (χ4v) is 3.72. The standard InChI is InChI=1S/C17H23BrO2/c1-6-17(7-2)10-16(4,5)14-9-12(18)8-13(11(3)19)15(14)20-17/h8-9H,6-7,10H2,1-5H3. The van der Waals surface area contributed by atoms with E-state index in [2.05, 4.69) is 49.7 Å². The highest BCUT2D eigenvalue weighted by Crippen LogP contribution is 2.49. The van der Waals surface area contributed by atoms with Crippen molar-refractivity contribution in [3.05, 3.63) is 27.7 Å². The molecule has 2 nitrogen and oxygen atoms in total. The molecular formula is C17H23BrO2. The van der Waals surface area contributed by atoms with Gasteiger partial charge in [0.25, 0.3) is 0 Å². The van der Waals surface area contributed by atoms with Crippen LogP contribution in [0.5, 0.6) is 5.75 Å². The summed E-state index contributed by atoms with van der Waals surface area (Å²) < 4.78 is 7.30. The van der Waals surface area contributed by atoms with Crippen molar-refractivity contribution in [2.24, 2.45) is 0 Å². The maximum absolute atomic E-state index is 12.0. The Morgan fingerprint density at radius 1 is 1.30 bits per heavy atom. The number of ketones is 1. The van der Waals surface area contributed by atoms with Crippen molar-refractivity contribution < 1.29 is 9.53 Å². The van der Waals surface area contributed by atoms with Crippen molar-refractivity contribution in [2.45, 2.75) is 64.9 Å². The zero-order valence-corrected chi connectivity index (χ0v) is 14.6. The number of carbonyl (C=O) groups excluding carboxylic acids is 1. The molecule has 1 aliphatic rings. The number of hydrogen-bond acceptors (Lipinski definition) is 2. The van der Waals surface area contributed by atoms with Crippen molar-refractivity contribution in [3.63, 3.8) is 0 Å². The molecule has 0 saturated heterocycles. The molecule has 0 fully saturated rings. The number of benzene rings is 1. The second-order valence-electron chi connectivity index (χ2n) is 6.44. The molecule has 1 heterocycles.